The molecule has 0 saturated carbocycles. The zero-order chi connectivity index (χ0) is 24.7. The van der Waals surface area contributed by atoms with Gasteiger partial charge in [-0.3, -0.25) is 14.5 Å². The number of benzene rings is 2. The van der Waals surface area contributed by atoms with Crippen molar-refractivity contribution in [1.29, 1.82) is 5.26 Å². The highest BCUT2D eigenvalue weighted by atomic mass is 32.2. The van der Waals surface area contributed by atoms with Crippen LogP contribution in [-0.2, 0) is 16.0 Å². The van der Waals surface area contributed by atoms with Crippen molar-refractivity contribution >= 4 is 29.2 Å². The molecule has 0 saturated heterocycles. The Morgan fingerprint density at radius 3 is 2.77 bits per heavy atom. The summed E-state index contributed by atoms with van der Waals surface area (Å²) in [5, 5.41) is 13.1. The lowest BCUT2D eigenvalue weighted by Crippen LogP contribution is -2.49. The number of hydrogen-bond acceptors (Lipinski definition) is 7. The number of carbonyl (C=O) groups is 1. The van der Waals surface area contributed by atoms with Crippen molar-refractivity contribution in [2.75, 3.05) is 16.8 Å². The van der Waals surface area contributed by atoms with E-state index in [0.717, 1.165) is 0 Å². The van der Waals surface area contributed by atoms with Crippen molar-refractivity contribution < 1.29 is 9.18 Å². The van der Waals surface area contributed by atoms with E-state index in [4.69, 9.17) is 12.2 Å². The molecule has 0 aliphatic carbocycles. The van der Waals surface area contributed by atoms with Crippen LogP contribution in [-0.4, -0.2) is 22.4 Å². The van der Waals surface area contributed by atoms with E-state index < -0.39 is 16.9 Å². The fourth-order valence-corrected chi connectivity index (χ4v) is 5.39. The van der Waals surface area contributed by atoms with Gasteiger partial charge in [-0.15, -0.1) is 6.42 Å². The molecule has 8 nitrogen and oxygen atoms in total. The fraction of sp³-hybridized carbons (Fsp3) is 0.120. The van der Waals surface area contributed by atoms with E-state index in [0.29, 0.717) is 22.6 Å². The van der Waals surface area contributed by atoms with Crippen molar-refractivity contribution in [1.82, 2.24) is 9.97 Å². The first-order valence-corrected chi connectivity index (χ1v) is 11.4. The van der Waals surface area contributed by atoms with Crippen LogP contribution in [0.25, 0.3) is 0 Å². The number of amides is 1. The van der Waals surface area contributed by atoms with Gasteiger partial charge in [0.1, 0.15) is 28.9 Å². The highest BCUT2D eigenvalue weighted by Gasteiger charge is 2.60. The maximum atomic E-state index is 13.9. The van der Waals surface area contributed by atoms with Gasteiger partial charge in [0.2, 0.25) is 5.91 Å². The fourth-order valence-electron chi connectivity index (χ4n) is 4.58. The minimum absolute atomic E-state index is 0.0321. The molecule has 10 heteroatoms. The summed E-state index contributed by atoms with van der Waals surface area (Å²) in [6, 6.07) is 15.0. The summed E-state index contributed by atoms with van der Waals surface area (Å²) in [5.74, 6) is 1.88. The van der Waals surface area contributed by atoms with Crippen LogP contribution >= 0.6 is 11.8 Å². The number of fused-ring (bicyclic) bond motifs is 4. The number of aromatic nitrogens is 2. The van der Waals surface area contributed by atoms with Crippen LogP contribution in [0.2, 0.25) is 0 Å². The van der Waals surface area contributed by atoms with E-state index in [9.17, 15) is 19.2 Å². The third kappa shape index (κ3) is 3.27. The van der Waals surface area contributed by atoms with E-state index in [1.165, 1.54) is 28.8 Å². The molecule has 0 fully saturated rings. The number of thioether (sulfide) groups is 1. The lowest BCUT2D eigenvalue weighted by atomic mass is 9.69. The van der Waals surface area contributed by atoms with Gasteiger partial charge < -0.3 is 16.0 Å². The maximum Gasteiger partial charge on any atom is 0.258 e. The van der Waals surface area contributed by atoms with Gasteiger partial charge in [0.05, 0.1) is 17.7 Å². The predicted molar refractivity (Wildman–Crippen MR) is 130 cm³/mol. The molecule has 0 unspecified atom stereocenters. The molecule has 1 amide bonds. The molecule has 1 aromatic heterocycles. The van der Waals surface area contributed by atoms with Crippen LogP contribution in [0.5, 0.6) is 0 Å². The molecule has 5 rings (SSSR count). The molecular formula is C25H17FN6O2S. The van der Waals surface area contributed by atoms with Gasteiger partial charge in [-0.05, 0) is 23.8 Å². The molecule has 1 spiro atoms. The van der Waals surface area contributed by atoms with Crippen molar-refractivity contribution in [3.63, 3.8) is 0 Å². The Morgan fingerprint density at radius 1 is 1.23 bits per heavy atom. The Balaban J connectivity index is 1.68. The summed E-state index contributed by atoms with van der Waals surface area (Å²) in [7, 11) is 0. The Morgan fingerprint density at radius 2 is 2.03 bits per heavy atom. The molecule has 2 aliphatic heterocycles. The minimum atomic E-state index is -1.79. The summed E-state index contributed by atoms with van der Waals surface area (Å²) in [4.78, 5) is 36.0. The van der Waals surface area contributed by atoms with Gasteiger partial charge in [-0.1, -0.05) is 48.0 Å². The zero-order valence-corrected chi connectivity index (χ0v) is 18.9. The number of halogens is 1. The predicted octanol–water partition coefficient (Wildman–Crippen LogP) is 2.59. The van der Waals surface area contributed by atoms with Crippen LogP contribution < -0.4 is 21.5 Å². The summed E-state index contributed by atoms with van der Waals surface area (Å²) in [6.45, 7) is -0.0497. The van der Waals surface area contributed by atoms with Crippen molar-refractivity contribution in [3.05, 3.63) is 92.8 Å². The first kappa shape index (κ1) is 22.3. The Hall–Kier alpha value is -4.54. The number of para-hydroxylation sites is 1. The summed E-state index contributed by atoms with van der Waals surface area (Å²) >= 11 is 1.19. The van der Waals surface area contributed by atoms with E-state index in [1.54, 1.807) is 36.4 Å². The second kappa shape index (κ2) is 8.35. The number of nitrogens with one attached hydrogen (secondary N) is 2. The normalized spacial score (nSPS) is 18.0. The number of aromatic amines is 1. The third-order valence-electron chi connectivity index (χ3n) is 5.96. The minimum Gasteiger partial charge on any atom is -0.384 e. The quantitative estimate of drug-likeness (QED) is 0.295. The first-order valence-electron chi connectivity index (χ1n) is 10.5. The van der Waals surface area contributed by atoms with Gasteiger partial charge in [0.15, 0.2) is 5.16 Å². The van der Waals surface area contributed by atoms with Crippen molar-refractivity contribution in [3.8, 4) is 18.4 Å². The largest absolute Gasteiger partial charge is 0.384 e. The van der Waals surface area contributed by atoms with Crippen LogP contribution in [0.15, 0.2) is 69.9 Å². The van der Waals surface area contributed by atoms with Gasteiger partial charge in [0, 0.05) is 17.0 Å². The number of hydrogen-bond donors (Lipinski definition) is 3. The Kier molecular flexibility index (Phi) is 5.31. The standard InChI is InChI=1S/C25H17FN6O2S/c1-2-10-32-18-9-4-3-8-16(18)25(23(32)34)17(12-27)20(28)29-21-19(25)22(33)31-24(30-21)35-13-14-6-5-7-15(26)11-14/h1,3-9,11H,10,13,28H2,(H2,29,30,31,33)/t25-/m1/s1. The highest BCUT2D eigenvalue weighted by Crippen LogP contribution is 2.52. The van der Waals surface area contributed by atoms with Gasteiger partial charge in [0.25, 0.3) is 5.56 Å². The first-order chi connectivity index (χ1) is 16.9. The van der Waals surface area contributed by atoms with Crippen molar-refractivity contribution in [2.45, 2.75) is 16.3 Å². The number of anilines is 2. The molecule has 172 valence electrons. The van der Waals surface area contributed by atoms with Gasteiger partial charge in [-0.2, -0.15) is 5.26 Å². The molecule has 3 heterocycles. The van der Waals surface area contributed by atoms with Crippen LogP contribution in [0.4, 0.5) is 15.9 Å². The third-order valence-corrected chi connectivity index (χ3v) is 6.91. The molecule has 0 radical (unpaired) electrons. The summed E-state index contributed by atoms with van der Waals surface area (Å²) < 4.78 is 13.5. The van der Waals surface area contributed by atoms with Gasteiger partial charge in [-0.25, -0.2) is 9.37 Å². The number of nitriles is 1. The molecule has 4 N–H and O–H groups in total. The summed E-state index contributed by atoms with van der Waals surface area (Å²) in [5.41, 5.74) is 5.31. The monoisotopic (exact) mass is 484 g/mol. The Bertz CT molecular complexity index is 1570. The average Bonchev–Trinajstić information content (AvgIpc) is 3.07. The van der Waals surface area contributed by atoms with E-state index in [2.05, 4.69) is 21.2 Å². The zero-order valence-electron chi connectivity index (χ0n) is 18.1. The number of terminal acetylenes is 1. The number of nitrogens with two attached hydrogens (primary N) is 1. The molecule has 2 aromatic carbocycles. The SMILES string of the molecule is C#CCN1C(=O)[C@@]2(C(C#N)=C(N)Nc3nc(SCc4cccc(F)c4)[nH]c(=O)c32)c2ccccc21. The van der Waals surface area contributed by atoms with Crippen LogP contribution in [0, 0.1) is 29.5 Å². The molecule has 1 atom stereocenters. The Labute approximate surface area is 203 Å². The summed E-state index contributed by atoms with van der Waals surface area (Å²) in [6.07, 6.45) is 5.51. The molecule has 3 aromatic rings. The smallest absolute Gasteiger partial charge is 0.258 e. The number of H-pyrrole nitrogens is 1. The number of nitrogens with zero attached hydrogens (tertiary/aromatic N) is 3. The topological polar surface area (TPSA) is 128 Å². The average molecular weight is 485 g/mol. The second-order valence-corrected chi connectivity index (χ2v) is 8.87. The second-order valence-electron chi connectivity index (χ2n) is 7.90. The molecule has 2 aliphatic rings. The molecule has 0 bridgehead atoms. The van der Waals surface area contributed by atoms with E-state index in [-0.39, 0.29) is 40.3 Å². The molecule has 35 heavy (non-hydrogen) atoms. The highest BCUT2D eigenvalue weighted by molar-refractivity contribution is 7.98. The van der Waals surface area contributed by atoms with Gasteiger partial charge >= 0.3 is 0 Å². The number of rotatable bonds is 4. The van der Waals surface area contributed by atoms with Crippen LogP contribution in [0.1, 0.15) is 16.7 Å². The van der Waals surface area contributed by atoms with Crippen molar-refractivity contribution in [2.24, 2.45) is 5.73 Å². The maximum absolute atomic E-state index is 13.9. The van der Waals surface area contributed by atoms with E-state index >= 15 is 0 Å². The van der Waals surface area contributed by atoms with Crippen LogP contribution in [0.3, 0.4) is 0 Å². The van der Waals surface area contributed by atoms with E-state index in [1.807, 2.05) is 6.07 Å². The molecular weight excluding hydrogens is 467 g/mol. The lowest BCUT2D eigenvalue weighted by molar-refractivity contribution is -0.120. The lowest BCUT2D eigenvalue weighted by Gasteiger charge is -2.33. The number of carbonyl (C=O) groups excluding carboxylic acids is 1.